The highest BCUT2D eigenvalue weighted by molar-refractivity contribution is 5.83. The van der Waals surface area contributed by atoms with Crippen LogP contribution in [0.15, 0.2) is 24.3 Å². The van der Waals surface area contributed by atoms with Crippen molar-refractivity contribution >= 4 is 5.91 Å². The van der Waals surface area contributed by atoms with Gasteiger partial charge in [0.25, 0.3) is 0 Å². The van der Waals surface area contributed by atoms with E-state index in [-0.39, 0.29) is 5.91 Å². The number of benzene rings is 1. The maximum atomic E-state index is 12.4. The van der Waals surface area contributed by atoms with Gasteiger partial charge in [0.2, 0.25) is 5.91 Å². The standard InChI is InChI=1S/C16H24N2O3/c1-20-12-16(7-9-17-11-16)15(19)18-8-6-13-4-3-5-14(10-13)21-2/h3-5,10,17H,6-9,11-12H2,1-2H3,(H,18,19). The Morgan fingerprint density at radius 2 is 2.29 bits per heavy atom. The molecule has 21 heavy (non-hydrogen) atoms. The van der Waals surface area contributed by atoms with Crippen LogP contribution in [0.25, 0.3) is 0 Å². The maximum Gasteiger partial charge on any atom is 0.229 e. The Kier molecular flexibility index (Phi) is 5.59. The number of nitrogens with one attached hydrogen (secondary N) is 2. The van der Waals surface area contributed by atoms with Gasteiger partial charge < -0.3 is 20.1 Å². The van der Waals surface area contributed by atoms with E-state index in [1.54, 1.807) is 14.2 Å². The molecule has 0 radical (unpaired) electrons. The predicted molar refractivity (Wildman–Crippen MR) is 81.5 cm³/mol. The molecule has 1 amide bonds. The van der Waals surface area contributed by atoms with Crippen LogP contribution in [0.4, 0.5) is 0 Å². The first-order valence-corrected chi connectivity index (χ1v) is 7.31. The normalized spacial score (nSPS) is 21.2. The highest BCUT2D eigenvalue weighted by Crippen LogP contribution is 2.26. The monoisotopic (exact) mass is 292 g/mol. The van der Waals surface area contributed by atoms with Crippen LogP contribution in [-0.4, -0.2) is 46.4 Å². The summed E-state index contributed by atoms with van der Waals surface area (Å²) in [6.45, 7) is 2.64. The van der Waals surface area contributed by atoms with Gasteiger partial charge in [-0.1, -0.05) is 12.1 Å². The van der Waals surface area contributed by atoms with Gasteiger partial charge >= 0.3 is 0 Å². The van der Waals surface area contributed by atoms with Crippen molar-refractivity contribution in [2.75, 3.05) is 40.5 Å². The average Bonchev–Trinajstić information content (AvgIpc) is 2.98. The van der Waals surface area contributed by atoms with Crippen LogP contribution in [-0.2, 0) is 16.0 Å². The first kappa shape index (κ1) is 15.8. The van der Waals surface area contributed by atoms with Gasteiger partial charge in [-0.25, -0.2) is 0 Å². The molecule has 1 aromatic carbocycles. The molecule has 5 nitrogen and oxygen atoms in total. The molecule has 0 spiro atoms. The molecule has 1 heterocycles. The second-order valence-electron chi connectivity index (χ2n) is 5.50. The van der Waals surface area contributed by atoms with Crippen molar-refractivity contribution in [1.82, 2.24) is 10.6 Å². The van der Waals surface area contributed by atoms with Crippen molar-refractivity contribution in [2.24, 2.45) is 5.41 Å². The Bertz CT molecular complexity index is 470. The highest BCUT2D eigenvalue weighted by atomic mass is 16.5. The largest absolute Gasteiger partial charge is 0.497 e. The fourth-order valence-corrected chi connectivity index (χ4v) is 2.74. The van der Waals surface area contributed by atoms with Crippen LogP contribution >= 0.6 is 0 Å². The number of amides is 1. The molecule has 5 heteroatoms. The second kappa shape index (κ2) is 7.43. The van der Waals surface area contributed by atoms with E-state index >= 15 is 0 Å². The zero-order valence-electron chi connectivity index (χ0n) is 12.8. The second-order valence-corrected chi connectivity index (χ2v) is 5.50. The Labute approximate surface area is 126 Å². The van der Waals surface area contributed by atoms with E-state index in [1.165, 1.54) is 0 Å². The smallest absolute Gasteiger partial charge is 0.229 e. The molecule has 0 saturated carbocycles. The van der Waals surface area contributed by atoms with Gasteiger partial charge in [0.05, 0.1) is 19.1 Å². The van der Waals surface area contributed by atoms with Crippen LogP contribution in [0.1, 0.15) is 12.0 Å². The van der Waals surface area contributed by atoms with Gasteiger partial charge in [-0.2, -0.15) is 0 Å². The summed E-state index contributed by atoms with van der Waals surface area (Å²) in [4.78, 5) is 12.4. The summed E-state index contributed by atoms with van der Waals surface area (Å²) < 4.78 is 10.4. The van der Waals surface area contributed by atoms with Crippen molar-refractivity contribution in [3.8, 4) is 5.75 Å². The molecule has 0 bridgehead atoms. The van der Waals surface area contributed by atoms with E-state index in [2.05, 4.69) is 10.6 Å². The van der Waals surface area contributed by atoms with Crippen LogP contribution in [0.3, 0.4) is 0 Å². The Morgan fingerprint density at radius 1 is 1.43 bits per heavy atom. The number of carbonyl (C=O) groups is 1. The zero-order chi connectivity index (χ0) is 15.1. The molecule has 1 aromatic rings. The molecule has 1 saturated heterocycles. The molecular formula is C16H24N2O3. The van der Waals surface area contributed by atoms with Crippen molar-refractivity contribution in [2.45, 2.75) is 12.8 Å². The summed E-state index contributed by atoms with van der Waals surface area (Å²) in [6.07, 6.45) is 1.62. The third-order valence-corrected chi connectivity index (χ3v) is 3.98. The molecule has 1 atom stereocenters. The number of methoxy groups -OCH3 is 2. The summed E-state index contributed by atoms with van der Waals surface area (Å²) in [6, 6.07) is 7.91. The van der Waals surface area contributed by atoms with E-state index in [0.717, 1.165) is 30.7 Å². The fraction of sp³-hybridized carbons (Fsp3) is 0.562. The lowest BCUT2D eigenvalue weighted by atomic mass is 9.87. The van der Waals surface area contributed by atoms with Gasteiger partial charge in [-0.15, -0.1) is 0 Å². The predicted octanol–water partition coefficient (Wildman–Crippen LogP) is 0.980. The van der Waals surface area contributed by atoms with Gasteiger partial charge in [0, 0.05) is 20.2 Å². The highest BCUT2D eigenvalue weighted by Gasteiger charge is 2.41. The maximum absolute atomic E-state index is 12.4. The molecule has 2 rings (SSSR count). The minimum atomic E-state index is -0.414. The molecule has 0 aliphatic carbocycles. The molecule has 1 aliphatic heterocycles. The molecule has 2 N–H and O–H groups in total. The lowest BCUT2D eigenvalue weighted by molar-refractivity contribution is -0.132. The number of carbonyl (C=O) groups excluding carboxylic acids is 1. The van der Waals surface area contributed by atoms with Crippen LogP contribution in [0.5, 0.6) is 5.75 Å². The minimum Gasteiger partial charge on any atom is -0.497 e. The number of rotatable bonds is 7. The Balaban J connectivity index is 1.85. The van der Waals surface area contributed by atoms with Crippen LogP contribution < -0.4 is 15.4 Å². The lowest BCUT2D eigenvalue weighted by Crippen LogP contribution is -2.46. The molecule has 0 aromatic heterocycles. The fourth-order valence-electron chi connectivity index (χ4n) is 2.74. The molecule has 1 unspecified atom stereocenters. The van der Waals surface area contributed by atoms with Crippen LogP contribution in [0.2, 0.25) is 0 Å². The summed E-state index contributed by atoms with van der Waals surface area (Å²) in [5, 5.41) is 6.28. The Morgan fingerprint density at radius 3 is 2.95 bits per heavy atom. The summed E-state index contributed by atoms with van der Waals surface area (Å²) >= 11 is 0. The number of ether oxygens (including phenoxy) is 2. The molecule has 1 fully saturated rings. The van der Waals surface area contributed by atoms with Crippen LogP contribution in [0, 0.1) is 5.41 Å². The van der Waals surface area contributed by atoms with Gasteiger partial charge in [0.15, 0.2) is 0 Å². The average molecular weight is 292 g/mol. The SMILES string of the molecule is COCC1(C(=O)NCCc2cccc(OC)c2)CCNC1. The van der Waals surface area contributed by atoms with E-state index in [0.29, 0.717) is 19.7 Å². The number of hydrogen-bond acceptors (Lipinski definition) is 4. The summed E-state index contributed by atoms with van der Waals surface area (Å²) in [5.74, 6) is 0.923. The van der Waals surface area contributed by atoms with Gasteiger partial charge in [0.1, 0.15) is 5.75 Å². The molecular weight excluding hydrogens is 268 g/mol. The van der Waals surface area contributed by atoms with Crippen molar-refractivity contribution < 1.29 is 14.3 Å². The van der Waals surface area contributed by atoms with E-state index < -0.39 is 5.41 Å². The third-order valence-electron chi connectivity index (χ3n) is 3.98. The Hall–Kier alpha value is -1.59. The van der Waals surface area contributed by atoms with Crippen molar-refractivity contribution in [3.05, 3.63) is 29.8 Å². The van der Waals surface area contributed by atoms with Gasteiger partial charge in [-0.3, -0.25) is 4.79 Å². The topological polar surface area (TPSA) is 59.6 Å². The minimum absolute atomic E-state index is 0.0808. The van der Waals surface area contributed by atoms with Gasteiger partial charge in [-0.05, 0) is 37.1 Å². The summed E-state index contributed by atoms with van der Waals surface area (Å²) in [5.41, 5.74) is 0.739. The number of hydrogen-bond donors (Lipinski definition) is 2. The van der Waals surface area contributed by atoms with Crippen molar-refractivity contribution in [1.29, 1.82) is 0 Å². The van der Waals surface area contributed by atoms with E-state index in [4.69, 9.17) is 9.47 Å². The lowest BCUT2D eigenvalue weighted by Gasteiger charge is -2.25. The molecule has 116 valence electrons. The zero-order valence-corrected chi connectivity index (χ0v) is 12.8. The first-order chi connectivity index (χ1) is 10.2. The quantitative estimate of drug-likeness (QED) is 0.786. The first-order valence-electron chi connectivity index (χ1n) is 7.31. The van der Waals surface area contributed by atoms with E-state index in [9.17, 15) is 4.79 Å². The third kappa shape index (κ3) is 3.95. The molecule has 1 aliphatic rings. The summed E-state index contributed by atoms with van der Waals surface area (Å²) in [7, 11) is 3.30. The van der Waals surface area contributed by atoms with E-state index in [1.807, 2.05) is 24.3 Å². The van der Waals surface area contributed by atoms with Crippen molar-refractivity contribution in [3.63, 3.8) is 0 Å².